The fraction of sp³-hybridized carbons (Fsp3) is 0.333. The molecule has 0 unspecified atom stereocenters. The van der Waals surface area contributed by atoms with E-state index in [-0.39, 0.29) is 5.91 Å². The summed E-state index contributed by atoms with van der Waals surface area (Å²) in [6.07, 6.45) is 2.39. The van der Waals surface area contributed by atoms with Crippen LogP contribution in [0.3, 0.4) is 0 Å². The van der Waals surface area contributed by atoms with Crippen LogP contribution in [-0.4, -0.2) is 25.9 Å². The molecule has 2 rings (SSSR count). The third-order valence-electron chi connectivity index (χ3n) is 2.04. The number of hydrogen-bond donors (Lipinski definition) is 1. The minimum Gasteiger partial charge on any atom is -0.295 e. The van der Waals surface area contributed by atoms with Gasteiger partial charge in [0.25, 0.3) is 5.91 Å². The molecule has 0 aliphatic heterocycles. The van der Waals surface area contributed by atoms with Crippen molar-refractivity contribution in [3.63, 3.8) is 0 Å². The molecule has 0 fully saturated rings. The lowest BCUT2D eigenvalue weighted by atomic mass is 10.4. The van der Waals surface area contributed by atoms with Gasteiger partial charge in [-0.05, 0) is 12.5 Å². The fourth-order valence-electron chi connectivity index (χ4n) is 1.20. The van der Waals surface area contributed by atoms with Crippen LogP contribution in [0.25, 0.3) is 0 Å². The highest BCUT2D eigenvalue weighted by molar-refractivity contribution is 7.15. The van der Waals surface area contributed by atoms with E-state index < -0.39 is 0 Å². The number of aryl methyl sites for hydroxylation is 2. The molecule has 0 radical (unpaired) electrons. The average molecular weight is 237 g/mol. The van der Waals surface area contributed by atoms with E-state index >= 15 is 0 Å². The van der Waals surface area contributed by atoms with E-state index in [0.717, 1.165) is 11.4 Å². The zero-order valence-electron chi connectivity index (χ0n) is 8.97. The van der Waals surface area contributed by atoms with E-state index in [4.69, 9.17) is 0 Å². The summed E-state index contributed by atoms with van der Waals surface area (Å²) in [5.41, 5.74) is 0.494. The summed E-state index contributed by atoms with van der Waals surface area (Å²) in [4.78, 5) is 11.8. The highest BCUT2D eigenvalue weighted by Gasteiger charge is 2.12. The van der Waals surface area contributed by atoms with Gasteiger partial charge in [0.2, 0.25) is 5.13 Å². The fourth-order valence-corrected chi connectivity index (χ4v) is 1.88. The third-order valence-corrected chi connectivity index (χ3v) is 3.03. The van der Waals surface area contributed by atoms with Crippen molar-refractivity contribution in [3.8, 4) is 0 Å². The number of nitrogens with zero attached hydrogens (tertiary/aromatic N) is 4. The molecule has 0 atom stereocenters. The Morgan fingerprint density at radius 1 is 1.56 bits per heavy atom. The molecule has 84 valence electrons. The van der Waals surface area contributed by atoms with Crippen molar-refractivity contribution < 1.29 is 4.79 Å². The number of anilines is 1. The Morgan fingerprint density at radius 3 is 2.94 bits per heavy atom. The predicted molar refractivity (Wildman–Crippen MR) is 60.4 cm³/mol. The van der Waals surface area contributed by atoms with Crippen LogP contribution < -0.4 is 5.32 Å². The Bertz CT molecular complexity index is 503. The van der Waals surface area contributed by atoms with Crippen molar-refractivity contribution in [2.45, 2.75) is 13.3 Å². The molecule has 0 saturated carbocycles. The van der Waals surface area contributed by atoms with E-state index in [9.17, 15) is 4.79 Å². The molecule has 16 heavy (non-hydrogen) atoms. The number of rotatable bonds is 3. The topological polar surface area (TPSA) is 72.7 Å². The first-order valence-electron chi connectivity index (χ1n) is 4.82. The van der Waals surface area contributed by atoms with Crippen LogP contribution in [-0.2, 0) is 13.5 Å². The molecular weight excluding hydrogens is 226 g/mol. The van der Waals surface area contributed by atoms with Gasteiger partial charge in [-0.2, -0.15) is 5.10 Å². The van der Waals surface area contributed by atoms with Crippen molar-refractivity contribution in [1.29, 1.82) is 0 Å². The van der Waals surface area contributed by atoms with E-state index in [1.165, 1.54) is 16.0 Å². The van der Waals surface area contributed by atoms with Crippen LogP contribution in [0.5, 0.6) is 0 Å². The van der Waals surface area contributed by atoms with Crippen molar-refractivity contribution >= 4 is 22.4 Å². The molecule has 0 aliphatic rings. The molecule has 1 amide bonds. The molecule has 0 aliphatic carbocycles. The Morgan fingerprint density at radius 2 is 2.38 bits per heavy atom. The van der Waals surface area contributed by atoms with Crippen LogP contribution in [0.4, 0.5) is 5.13 Å². The Balaban J connectivity index is 2.11. The molecule has 0 aromatic carbocycles. The Labute approximate surface area is 96.3 Å². The molecule has 7 heteroatoms. The lowest BCUT2D eigenvalue weighted by Crippen LogP contribution is -2.15. The lowest BCUT2D eigenvalue weighted by Gasteiger charge is -2.00. The molecule has 0 spiro atoms. The molecule has 2 aromatic heterocycles. The first kappa shape index (κ1) is 10.7. The second kappa shape index (κ2) is 4.40. The zero-order valence-corrected chi connectivity index (χ0v) is 9.78. The van der Waals surface area contributed by atoms with Crippen LogP contribution in [0.2, 0.25) is 0 Å². The molecule has 0 bridgehead atoms. The van der Waals surface area contributed by atoms with Crippen LogP contribution in [0.1, 0.15) is 22.4 Å². The van der Waals surface area contributed by atoms with E-state index in [2.05, 4.69) is 20.6 Å². The van der Waals surface area contributed by atoms with Crippen molar-refractivity contribution in [2.24, 2.45) is 7.05 Å². The highest BCUT2D eigenvalue weighted by atomic mass is 32.1. The van der Waals surface area contributed by atoms with Gasteiger partial charge >= 0.3 is 0 Å². The molecule has 1 N–H and O–H groups in total. The normalized spacial score (nSPS) is 10.4. The molecular formula is C9H11N5OS. The Hall–Kier alpha value is -1.76. The maximum atomic E-state index is 11.8. The maximum absolute atomic E-state index is 11.8. The van der Waals surface area contributed by atoms with Gasteiger partial charge in [0.15, 0.2) is 0 Å². The van der Waals surface area contributed by atoms with Crippen LogP contribution in [0, 0.1) is 0 Å². The van der Waals surface area contributed by atoms with Crippen molar-refractivity contribution in [2.75, 3.05) is 5.32 Å². The molecule has 6 nitrogen and oxygen atoms in total. The summed E-state index contributed by atoms with van der Waals surface area (Å²) >= 11 is 1.38. The standard InChI is InChI=1S/C9H11N5OS/c1-3-7-12-13-9(16-7)11-8(15)6-4-5-10-14(6)2/h4-5H,3H2,1-2H3,(H,11,13,15). The van der Waals surface area contributed by atoms with E-state index in [1.807, 2.05) is 6.92 Å². The smallest absolute Gasteiger partial charge is 0.275 e. The van der Waals surface area contributed by atoms with Gasteiger partial charge in [-0.15, -0.1) is 10.2 Å². The molecule has 2 aromatic rings. The van der Waals surface area contributed by atoms with Gasteiger partial charge < -0.3 is 0 Å². The first-order valence-corrected chi connectivity index (χ1v) is 5.64. The van der Waals surface area contributed by atoms with Crippen LogP contribution in [0.15, 0.2) is 12.3 Å². The minimum absolute atomic E-state index is 0.223. The quantitative estimate of drug-likeness (QED) is 0.867. The number of nitrogens with one attached hydrogen (secondary N) is 1. The van der Waals surface area contributed by atoms with Gasteiger partial charge in [0.05, 0.1) is 0 Å². The summed E-state index contributed by atoms with van der Waals surface area (Å²) in [5.74, 6) is -0.223. The number of hydrogen-bond acceptors (Lipinski definition) is 5. The molecule has 2 heterocycles. The second-order valence-electron chi connectivity index (χ2n) is 3.15. The maximum Gasteiger partial charge on any atom is 0.275 e. The molecule has 0 saturated heterocycles. The Kier molecular flexibility index (Phi) is 2.95. The van der Waals surface area contributed by atoms with Gasteiger partial charge in [-0.25, -0.2) is 0 Å². The third kappa shape index (κ3) is 2.08. The summed E-state index contributed by atoms with van der Waals surface area (Å²) in [5, 5.41) is 15.8. The number of amides is 1. The van der Waals surface area contributed by atoms with Gasteiger partial charge in [-0.1, -0.05) is 18.3 Å². The van der Waals surface area contributed by atoms with Gasteiger partial charge in [0.1, 0.15) is 10.7 Å². The van der Waals surface area contributed by atoms with E-state index in [1.54, 1.807) is 19.3 Å². The summed E-state index contributed by atoms with van der Waals surface area (Å²) in [6, 6.07) is 1.65. The van der Waals surface area contributed by atoms with Crippen molar-refractivity contribution in [1.82, 2.24) is 20.0 Å². The van der Waals surface area contributed by atoms with Crippen LogP contribution >= 0.6 is 11.3 Å². The lowest BCUT2D eigenvalue weighted by molar-refractivity contribution is 0.101. The summed E-state index contributed by atoms with van der Waals surface area (Å²) in [7, 11) is 1.71. The van der Waals surface area contributed by atoms with Gasteiger partial charge in [-0.3, -0.25) is 14.8 Å². The summed E-state index contributed by atoms with van der Waals surface area (Å²) in [6.45, 7) is 1.99. The second-order valence-corrected chi connectivity index (χ2v) is 4.21. The first-order chi connectivity index (χ1) is 7.70. The highest BCUT2D eigenvalue weighted by Crippen LogP contribution is 2.16. The zero-order chi connectivity index (χ0) is 11.5. The average Bonchev–Trinajstić information content (AvgIpc) is 2.86. The largest absolute Gasteiger partial charge is 0.295 e. The number of carbonyl (C=O) groups excluding carboxylic acids is 1. The van der Waals surface area contributed by atoms with Crippen molar-refractivity contribution in [3.05, 3.63) is 23.0 Å². The predicted octanol–water partition coefficient (Wildman–Crippen LogP) is 1.09. The number of carbonyl (C=O) groups is 1. The van der Waals surface area contributed by atoms with Gasteiger partial charge in [0, 0.05) is 13.2 Å². The monoisotopic (exact) mass is 237 g/mol. The summed E-state index contributed by atoms with van der Waals surface area (Å²) < 4.78 is 1.51. The SMILES string of the molecule is CCc1nnc(NC(=O)c2ccnn2C)s1. The van der Waals surface area contributed by atoms with E-state index in [0.29, 0.717) is 10.8 Å². The number of aromatic nitrogens is 4. The minimum atomic E-state index is -0.223.